The number of rotatable bonds is 1. The minimum absolute atomic E-state index is 0.0648. The molecule has 1 atom stereocenters. The van der Waals surface area contributed by atoms with Gasteiger partial charge in [0, 0.05) is 0 Å². The third-order valence-electron chi connectivity index (χ3n) is 2.30. The molecule has 1 aliphatic carbocycles. The molecule has 1 aromatic carbocycles. The summed E-state index contributed by atoms with van der Waals surface area (Å²) in [5.41, 5.74) is 1.09. The first kappa shape index (κ1) is 12.4. The molecule has 0 heterocycles. The molecule has 0 aliphatic heterocycles. The molecule has 1 fully saturated rings. The first-order chi connectivity index (χ1) is 7.09. The van der Waals surface area contributed by atoms with Crippen LogP contribution in [-0.4, -0.2) is 20.0 Å². The molecule has 0 saturated heterocycles. The van der Waals surface area contributed by atoms with Crippen LogP contribution in [0.2, 0.25) is 0 Å². The zero-order chi connectivity index (χ0) is 11.3. The second-order valence-corrected chi connectivity index (χ2v) is 4.62. The van der Waals surface area contributed by atoms with E-state index in [1.165, 1.54) is 6.42 Å². The van der Waals surface area contributed by atoms with E-state index in [0.29, 0.717) is 4.90 Å². The summed E-state index contributed by atoms with van der Waals surface area (Å²) in [6.45, 7) is 1.93. The van der Waals surface area contributed by atoms with Crippen molar-refractivity contribution in [2.45, 2.75) is 37.2 Å². The van der Waals surface area contributed by atoms with Crippen LogP contribution in [0.3, 0.4) is 0 Å². The normalized spacial score (nSPS) is 17.3. The number of hydrogen-bond acceptors (Lipinski definition) is 2. The second kappa shape index (κ2) is 6.00. The molecular formula is C11H16O3S. The molecule has 0 bridgehead atoms. The van der Waals surface area contributed by atoms with E-state index in [2.05, 4.69) is 0 Å². The van der Waals surface area contributed by atoms with Crippen LogP contribution in [0.1, 0.15) is 24.8 Å². The van der Waals surface area contributed by atoms with Gasteiger partial charge in [-0.25, -0.2) is 4.21 Å². The van der Waals surface area contributed by atoms with E-state index in [4.69, 9.17) is 9.66 Å². The van der Waals surface area contributed by atoms with Gasteiger partial charge in [-0.2, -0.15) is 0 Å². The average Bonchev–Trinajstić information content (AvgIpc) is 2.16. The molecule has 4 heteroatoms. The Bertz CT molecular complexity index is 317. The van der Waals surface area contributed by atoms with Gasteiger partial charge in [0.15, 0.2) is 11.1 Å². The highest BCUT2D eigenvalue weighted by Crippen LogP contribution is 2.16. The van der Waals surface area contributed by atoms with Crippen molar-refractivity contribution in [1.82, 2.24) is 0 Å². The van der Waals surface area contributed by atoms with Crippen LogP contribution < -0.4 is 0 Å². The molecule has 1 aromatic rings. The Hall–Kier alpha value is -0.710. The van der Waals surface area contributed by atoms with Crippen LogP contribution >= 0.6 is 0 Å². The van der Waals surface area contributed by atoms with E-state index in [-0.39, 0.29) is 6.10 Å². The lowest BCUT2D eigenvalue weighted by Crippen LogP contribution is -2.15. The molecule has 1 saturated carbocycles. The van der Waals surface area contributed by atoms with Crippen molar-refractivity contribution >= 4 is 11.1 Å². The number of benzene rings is 1. The monoisotopic (exact) mass is 228 g/mol. The van der Waals surface area contributed by atoms with E-state index in [0.717, 1.165) is 18.4 Å². The van der Waals surface area contributed by atoms with Crippen LogP contribution in [0.15, 0.2) is 29.2 Å². The summed E-state index contributed by atoms with van der Waals surface area (Å²) in [7, 11) is 0. The predicted octanol–water partition coefficient (Wildman–Crippen LogP) is 2.11. The van der Waals surface area contributed by atoms with Crippen LogP contribution in [0.5, 0.6) is 0 Å². The van der Waals surface area contributed by atoms with Gasteiger partial charge in [0.2, 0.25) is 0 Å². The highest BCUT2D eigenvalue weighted by Gasteiger charge is 2.11. The zero-order valence-electron chi connectivity index (χ0n) is 8.72. The molecule has 0 radical (unpaired) electrons. The average molecular weight is 228 g/mol. The maximum atomic E-state index is 10.4. The van der Waals surface area contributed by atoms with Crippen molar-refractivity contribution in [3.63, 3.8) is 0 Å². The Morgan fingerprint density at radius 1 is 1.27 bits per heavy atom. The van der Waals surface area contributed by atoms with Gasteiger partial charge in [0.25, 0.3) is 0 Å². The predicted molar refractivity (Wildman–Crippen MR) is 60.1 cm³/mol. The largest absolute Gasteiger partial charge is 0.393 e. The summed E-state index contributed by atoms with van der Waals surface area (Å²) in [5.74, 6) is 0. The molecule has 0 spiro atoms. The van der Waals surface area contributed by atoms with E-state index < -0.39 is 11.1 Å². The summed E-state index contributed by atoms with van der Waals surface area (Å²) in [6.07, 6.45) is 3.39. The fraction of sp³-hybridized carbons (Fsp3) is 0.455. The van der Waals surface area contributed by atoms with Crippen LogP contribution in [0.4, 0.5) is 0 Å². The lowest BCUT2D eigenvalue weighted by Gasteiger charge is -2.17. The van der Waals surface area contributed by atoms with Crippen molar-refractivity contribution in [1.29, 1.82) is 0 Å². The van der Waals surface area contributed by atoms with Crippen molar-refractivity contribution in [3.8, 4) is 0 Å². The van der Waals surface area contributed by atoms with E-state index in [1.807, 2.05) is 19.1 Å². The van der Waals surface area contributed by atoms with Gasteiger partial charge < -0.3 is 9.66 Å². The minimum atomic E-state index is -1.84. The van der Waals surface area contributed by atoms with E-state index in [1.54, 1.807) is 12.1 Å². The quantitative estimate of drug-likeness (QED) is 0.724. The lowest BCUT2D eigenvalue weighted by atomic mass is 9.97. The van der Waals surface area contributed by atoms with Gasteiger partial charge in [0.05, 0.1) is 11.0 Å². The fourth-order valence-corrected chi connectivity index (χ4v) is 1.41. The topological polar surface area (TPSA) is 57.5 Å². The van der Waals surface area contributed by atoms with Gasteiger partial charge in [-0.1, -0.05) is 17.7 Å². The van der Waals surface area contributed by atoms with Crippen molar-refractivity contribution in [2.24, 2.45) is 0 Å². The summed E-state index contributed by atoms with van der Waals surface area (Å²) in [5, 5.41) is 8.45. The Morgan fingerprint density at radius 2 is 1.73 bits per heavy atom. The Balaban J connectivity index is 0.000000187. The fourth-order valence-electron chi connectivity index (χ4n) is 1.04. The molecule has 2 rings (SSSR count). The van der Waals surface area contributed by atoms with Gasteiger partial charge >= 0.3 is 0 Å². The number of aliphatic hydroxyl groups is 1. The molecule has 0 aromatic heterocycles. The Labute approximate surface area is 92.4 Å². The molecule has 15 heavy (non-hydrogen) atoms. The van der Waals surface area contributed by atoms with Gasteiger partial charge in [-0.05, 0) is 38.3 Å². The number of aliphatic hydroxyl groups excluding tert-OH is 1. The molecule has 0 amide bonds. The van der Waals surface area contributed by atoms with Crippen LogP contribution in [0.25, 0.3) is 0 Å². The highest BCUT2D eigenvalue weighted by molar-refractivity contribution is 7.79. The maximum absolute atomic E-state index is 10.4. The standard InChI is InChI=1S/C7H8O2S.C4H8O/c1-6-2-4-7(5-3-6)10(8)9;5-4-2-1-3-4/h2-5H,1H3,(H,8,9);4-5H,1-3H2. The first-order valence-corrected chi connectivity index (χ1v) is 6.06. The van der Waals surface area contributed by atoms with Crippen molar-refractivity contribution in [3.05, 3.63) is 29.8 Å². The van der Waals surface area contributed by atoms with E-state index >= 15 is 0 Å². The third-order valence-corrected chi connectivity index (χ3v) is 2.97. The SMILES string of the molecule is Cc1ccc(S(=O)O)cc1.OC1CCC1. The molecule has 3 nitrogen and oxygen atoms in total. The summed E-state index contributed by atoms with van der Waals surface area (Å²) < 4.78 is 19.0. The van der Waals surface area contributed by atoms with Crippen LogP contribution in [-0.2, 0) is 11.1 Å². The zero-order valence-corrected chi connectivity index (χ0v) is 9.54. The summed E-state index contributed by atoms with van der Waals surface area (Å²) in [4.78, 5) is 0.450. The Kier molecular flexibility index (Phi) is 4.94. The van der Waals surface area contributed by atoms with Gasteiger partial charge in [-0.15, -0.1) is 0 Å². The van der Waals surface area contributed by atoms with E-state index in [9.17, 15) is 4.21 Å². The highest BCUT2D eigenvalue weighted by atomic mass is 32.2. The Morgan fingerprint density at radius 3 is 2.00 bits per heavy atom. The van der Waals surface area contributed by atoms with Crippen molar-refractivity contribution in [2.75, 3.05) is 0 Å². The van der Waals surface area contributed by atoms with Gasteiger partial charge in [0.1, 0.15) is 0 Å². The summed E-state index contributed by atoms with van der Waals surface area (Å²) >= 11 is -1.84. The molecule has 1 unspecified atom stereocenters. The molecule has 1 aliphatic rings. The smallest absolute Gasteiger partial charge is 0.186 e. The molecular weight excluding hydrogens is 212 g/mol. The third kappa shape index (κ3) is 4.55. The number of aryl methyl sites for hydroxylation is 1. The minimum Gasteiger partial charge on any atom is -0.393 e. The number of hydrogen-bond donors (Lipinski definition) is 2. The maximum Gasteiger partial charge on any atom is 0.186 e. The molecule has 84 valence electrons. The first-order valence-electron chi connectivity index (χ1n) is 4.95. The van der Waals surface area contributed by atoms with Crippen molar-refractivity contribution < 1.29 is 13.9 Å². The molecule has 2 N–H and O–H groups in total. The van der Waals surface area contributed by atoms with Gasteiger partial charge in [-0.3, -0.25) is 0 Å². The van der Waals surface area contributed by atoms with Crippen LogP contribution in [0, 0.1) is 6.92 Å². The lowest BCUT2D eigenvalue weighted by molar-refractivity contribution is 0.0950. The second-order valence-electron chi connectivity index (χ2n) is 3.65. The summed E-state index contributed by atoms with van der Waals surface area (Å²) in [6, 6.07) is 6.91.